The van der Waals surface area contributed by atoms with Crippen LogP contribution in [-0.4, -0.2) is 14.1 Å². The van der Waals surface area contributed by atoms with Gasteiger partial charge in [0, 0.05) is 32.8 Å². The van der Waals surface area contributed by atoms with Crippen molar-refractivity contribution >= 4 is 43.6 Å². The highest BCUT2D eigenvalue weighted by molar-refractivity contribution is 6.14. The molecule has 496 valence electrons. The van der Waals surface area contributed by atoms with Crippen LogP contribution in [0.4, 0.5) is 105 Å². The molecule has 4 nitrogen and oxygen atoms in total. The SMILES string of the molecule is Cc1cccc(-c2cc(-n3c4ccc(-c5ccc(C(F)(F)F)cc5C(F)(F)F)cc4c4cc(-c5ccc(C(F)(F)F)cc5C(F)(F)F)ccc43)c(C#N)c(-n3c4ccc(-c5ccc(C(F)(F)F)cc5C(F)(F)F)cc4c4cc(-c5ccc(C(F)(F)F)cc5C(F)(F)F)ccc43)c2)n1. The molecule has 28 heteroatoms. The number of alkyl halides is 24. The first kappa shape index (κ1) is 66.6. The van der Waals surface area contributed by atoms with E-state index >= 15 is 0 Å². The summed E-state index contributed by atoms with van der Waals surface area (Å²) in [6, 6.07) is 24.9. The standard InChI is InChI=1S/C69H32F24N4/c1-32-3-2-4-55(95-32)37-25-60(96-56-17-5-33(42-13-9-38(62(70,71)72)27-51(42)66(82,83)84)21-46(56)47-22-34(6-18-57(47)96)43-14-10-39(63(73,74)75)28-52(43)67(85,86)87)50(31-94)61(26-37)97-58-19-7-35(44-15-11-40(64(76,77)78)29-53(44)68(88,89)90)23-48(58)49-24-36(8-20-59(49)97)45-16-12-41(65(79,80)81)30-54(45)69(91,92)93/h2-30H,1H3. The second kappa shape index (κ2) is 22.6. The van der Waals surface area contributed by atoms with Crippen LogP contribution in [0, 0.1) is 18.3 Å². The Morgan fingerprint density at radius 2 is 0.567 bits per heavy atom. The minimum Gasteiger partial charge on any atom is -0.308 e. The Morgan fingerprint density at radius 1 is 0.299 bits per heavy atom. The molecule has 0 saturated heterocycles. The largest absolute Gasteiger partial charge is 0.417 e. The minimum atomic E-state index is -5.48. The molecule has 0 fully saturated rings. The van der Waals surface area contributed by atoms with Crippen molar-refractivity contribution in [1.29, 1.82) is 5.26 Å². The number of hydrogen-bond acceptors (Lipinski definition) is 2. The van der Waals surface area contributed by atoms with E-state index in [2.05, 4.69) is 11.1 Å². The Labute approximate surface area is 528 Å². The normalized spacial score (nSPS) is 13.2. The summed E-state index contributed by atoms with van der Waals surface area (Å²) in [6.07, 6.45) is -43.1. The van der Waals surface area contributed by atoms with Gasteiger partial charge in [0.25, 0.3) is 0 Å². The second-order valence-electron chi connectivity index (χ2n) is 22.3. The maximum absolute atomic E-state index is 14.9. The second-order valence-corrected chi connectivity index (χ2v) is 22.3. The van der Waals surface area contributed by atoms with Crippen molar-refractivity contribution in [1.82, 2.24) is 14.1 Å². The quantitative estimate of drug-likeness (QED) is 0.149. The molecule has 97 heavy (non-hydrogen) atoms. The Hall–Kier alpha value is -10.5. The molecular weight excluding hydrogens is 1340 g/mol. The van der Waals surface area contributed by atoms with E-state index in [0.717, 1.165) is 72.8 Å². The van der Waals surface area contributed by atoms with Crippen molar-refractivity contribution in [2.24, 2.45) is 0 Å². The predicted molar refractivity (Wildman–Crippen MR) is 310 cm³/mol. The number of rotatable bonds is 7. The summed E-state index contributed by atoms with van der Waals surface area (Å²) in [5, 5.41) is 10.8. The molecule has 3 aromatic heterocycles. The van der Waals surface area contributed by atoms with Crippen LogP contribution in [-0.2, 0) is 49.4 Å². The monoisotopic (exact) mass is 1370 g/mol. The molecule has 9 aromatic carbocycles. The molecule has 3 heterocycles. The first-order valence-electron chi connectivity index (χ1n) is 27.9. The van der Waals surface area contributed by atoms with Gasteiger partial charge in [-0.25, -0.2) is 0 Å². The van der Waals surface area contributed by atoms with Gasteiger partial charge >= 0.3 is 49.4 Å². The van der Waals surface area contributed by atoms with Crippen LogP contribution >= 0.6 is 0 Å². The molecule has 0 aliphatic carbocycles. The highest BCUT2D eigenvalue weighted by Gasteiger charge is 2.43. The summed E-state index contributed by atoms with van der Waals surface area (Å²) in [6.45, 7) is 1.56. The number of pyridine rings is 1. The lowest BCUT2D eigenvalue weighted by Crippen LogP contribution is -2.12. The zero-order chi connectivity index (χ0) is 70.4. The number of benzene rings is 9. The highest BCUT2D eigenvalue weighted by atomic mass is 19.4. The number of nitriles is 1. The molecule has 0 amide bonds. The molecule has 0 aliphatic heterocycles. The van der Waals surface area contributed by atoms with Crippen LogP contribution in [0.2, 0.25) is 0 Å². The minimum absolute atomic E-state index is 0.0532. The third-order valence-electron chi connectivity index (χ3n) is 16.3. The molecule has 0 atom stereocenters. The van der Waals surface area contributed by atoms with E-state index in [1.165, 1.54) is 33.4 Å². The summed E-state index contributed by atoms with van der Waals surface area (Å²) in [4.78, 5) is 4.62. The molecule has 0 saturated carbocycles. The van der Waals surface area contributed by atoms with E-state index in [-0.39, 0.29) is 90.5 Å². The number of halogens is 24. The summed E-state index contributed by atoms with van der Waals surface area (Å²) >= 11 is 0. The zero-order valence-corrected chi connectivity index (χ0v) is 48.1. The number of fused-ring (bicyclic) bond motifs is 6. The Kier molecular flexibility index (Phi) is 15.5. The van der Waals surface area contributed by atoms with Crippen molar-refractivity contribution in [3.63, 3.8) is 0 Å². The first-order valence-corrected chi connectivity index (χ1v) is 27.9. The van der Waals surface area contributed by atoms with Crippen molar-refractivity contribution in [2.45, 2.75) is 56.3 Å². The molecular formula is C69H32F24N4. The lowest BCUT2D eigenvalue weighted by atomic mass is 9.94. The molecule has 0 aliphatic rings. The summed E-state index contributed by atoms with van der Waals surface area (Å²) in [5.41, 5.74) is -20.3. The average molecular weight is 1370 g/mol. The van der Waals surface area contributed by atoms with E-state index in [9.17, 15) is 111 Å². The lowest BCUT2D eigenvalue weighted by molar-refractivity contribution is -0.144. The van der Waals surface area contributed by atoms with Gasteiger partial charge < -0.3 is 9.13 Å². The molecule has 12 rings (SSSR count). The van der Waals surface area contributed by atoms with Crippen LogP contribution in [0.3, 0.4) is 0 Å². The fraction of sp³-hybridized carbons (Fsp3) is 0.130. The molecule has 0 spiro atoms. The number of hydrogen-bond donors (Lipinski definition) is 0. The van der Waals surface area contributed by atoms with Gasteiger partial charge in [-0.05, 0) is 173 Å². The van der Waals surface area contributed by atoms with Gasteiger partial charge in [-0.3, -0.25) is 4.98 Å². The van der Waals surface area contributed by atoms with Gasteiger partial charge in [0.1, 0.15) is 11.6 Å². The smallest absolute Gasteiger partial charge is 0.308 e. The van der Waals surface area contributed by atoms with Gasteiger partial charge in [0.15, 0.2) is 0 Å². The van der Waals surface area contributed by atoms with Gasteiger partial charge in [-0.1, -0.05) is 54.6 Å². The Bertz CT molecular complexity index is 4690. The van der Waals surface area contributed by atoms with E-state index in [0.29, 0.717) is 54.2 Å². The first-order chi connectivity index (χ1) is 45.0. The van der Waals surface area contributed by atoms with Crippen molar-refractivity contribution in [3.05, 3.63) is 232 Å². The van der Waals surface area contributed by atoms with Crippen LogP contribution in [0.25, 0.3) is 111 Å². The van der Waals surface area contributed by atoms with Crippen LogP contribution in [0.1, 0.15) is 55.8 Å². The van der Waals surface area contributed by atoms with Gasteiger partial charge in [0.2, 0.25) is 0 Å². The number of nitrogens with zero attached hydrogens (tertiary/aromatic N) is 4. The topological polar surface area (TPSA) is 46.5 Å². The zero-order valence-electron chi connectivity index (χ0n) is 48.1. The molecule has 0 unspecified atom stereocenters. The van der Waals surface area contributed by atoms with E-state index < -0.39 is 144 Å². The number of aromatic nitrogens is 3. The lowest BCUT2D eigenvalue weighted by Gasteiger charge is -2.19. The molecule has 0 radical (unpaired) electrons. The molecule has 12 aromatic rings. The Balaban J connectivity index is 1.20. The average Bonchev–Trinajstić information content (AvgIpc) is 1.58. The van der Waals surface area contributed by atoms with Gasteiger partial charge in [-0.2, -0.15) is 111 Å². The summed E-state index contributed by atoms with van der Waals surface area (Å²) < 4.78 is 349. The fourth-order valence-electron chi connectivity index (χ4n) is 12.0. The van der Waals surface area contributed by atoms with Gasteiger partial charge in [0.05, 0.1) is 83.6 Å². The van der Waals surface area contributed by atoms with Crippen LogP contribution in [0.15, 0.2) is 176 Å². The summed E-state index contributed by atoms with van der Waals surface area (Å²) in [5.74, 6) is 0. The van der Waals surface area contributed by atoms with Crippen molar-refractivity contribution in [2.75, 3.05) is 0 Å². The third kappa shape index (κ3) is 12.2. The molecule has 0 bridgehead atoms. The molecule has 0 N–H and O–H groups in total. The van der Waals surface area contributed by atoms with Gasteiger partial charge in [-0.15, -0.1) is 0 Å². The maximum atomic E-state index is 14.9. The third-order valence-corrected chi connectivity index (χ3v) is 16.3. The fourth-order valence-corrected chi connectivity index (χ4v) is 12.0. The summed E-state index contributed by atoms with van der Waals surface area (Å²) in [7, 11) is 0. The van der Waals surface area contributed by atoms with E-state index in [4.69, 9.17) is 0 Å². The van der Waals surface area contributed by atoms with E-state index in [1.807, 2.05) is 0 Å². The van der Waals surface area contributed by atoms with Crippen LogP contribution in [0.5, 0.6) is 0 Å². The van der Waals surface area contributed by atoms with Crippen LogP contribution < -0.4 is 0 Å². The van der Waals surface area contributed by atoms with E-state index in [1.54, 1.807) is 13.0 Å². The number of aryl methyl sites for hydroxylation is 1. The van der Waals surface area contributed by atoms with Crippen molar-refractivity contribution in [3.8, 4) is 73.2 Å². The predicted octanol–water partition coefficient (Wildman–Crippen LogP) is 23.9. The maximum Gasteiger partial charge on any atom is 0.417 e. The highest BCUT2D eigenvalue weighted by Crippen LogP contribution is 2.50. The van der Waals surface area contributed by atoms with Crippen molar-refractivity contribution < 1.29 is 105 Å². The Morgan fingerprint density at radius 3 is 0.794 bits per heavy atom.